The maximum atomic E-state index is 14.7. The minimum atomic E-state index is -3.03. The third-order valence-electron chi connectivity index (χ3n) is 8.52. The summed E-state index contributed by atoms with van der Waals surface area (Å²) in [5.74, 6) is -1.49. The number of nitrogens with one attached hydrogen (secondary N) is 2. The molecule has 3 aliphatic carbocycles. The van der Waals surface area contributed by atoms with Crippen LogP contribution in [0.2, 0.25) is 0 Å². The van der Waals surface area contributed by atoms with Crippen molar-refractivity contribution in [3.05, 3.63) is 64.8 Å². The minimum Gasteiger partial charge on any atom is -0.320 e. The molecule has 10 heteroatoms. The van der Waals surface area contributed by atoms with E-state index in [0.717, 1.165) is 42.6 Å². The first-order valence-corrected chi connectivity index (χ1v) is 13.4. The fourth-order valence-corrected chi connectivity index (χ4v) is 6.56. The maximum Gasteiger partial charge on any atom is 0.290 e. The number of anilines is 1. The van der Waals surface area contributed by atoms with E-state index in [1.807, 2.05) is 17.7 Å². The Hall–Kier alpha value is -3.27. The molecule has 1 amide bonds. The molecule has 2 saturated carbocycles. The number of nitrogens with zero attached hydrogens (tertiary/aromatic N) is 5. The van der Waals surface area contributed by atoms with Crippen LogP contribution in [-0.2, 0) is 31.4 Å². The number of pyridine rings is 2. The lowest BCUT2D eigenvalue weighted by Crippen LogP contribution is -2.43. The van der Waals surface area contributed by atoms with Crippen LogP contribution in [-0.4, -0.2) is 36.7 Å². The first-order valence-electron chi connectivity index (χ1n) is 13.4. The fraction of sp³-hybridized carbons (Fsp3) is 0.536. The maximum absolute atomic E-state index is 14.7. The van der Waals surface area contributed by atoms with Crippen LogP contribution in [0.3, 0.4) is 0 Å². The van der Waals surface area contributed by atoms with Crippen molar-refractivity contribution in [1.29, 1.82) is 0 Å². The van der Waals surface area contributed by atoms with Gasteiger partial charge in [-0.25, -0.2) is 4.98 Å². The molecule has 3 heterocycles. The molecule has 6 rings (SSSR count). The van der Waals surface area contributed by atoms with Crippen LogP contribution < -0.4 is 10.6 Å². The number of carbonyl (C=O) groups is 1. The van der Waals surface area contributed by atoms with Gasteiger partial charge >= 0.3 is 0 Å². The van der Waals surface area contributed by atoms with E-state index in [-0.39, 0.29) is 29.6 Å². The van der Waals surface area contributed by atoms with Gasteiger partial charge in [-0.05, 0) is 72.8 Å². The number of hydrogen-bond acceptors (Lipinski definition) is 6. The molecular weight excluding hydrogens is 488 g/mol. The molecule has 0 unspecified atom stereocenters. The summed E-state index contributed by atoms with van der Waals surface area (Å²) in [6, 6.07) is 3.95. The zero-order valence-electron chi connectivity index (χ0n) is 22.0. The Bertz CT molecular complexity index is 1380. The number of aromatic nitrogens is 5. The normalized spacial score (nSPS) is 27.3. The molecule has 0 bridgehead atoms. The molecule has 0 aliphatic heterocycles. The van der Waals surface area contributed by atoms with Crippen molar-refractivity contribution in [2.24, 2.45) is 18.9 Å². The molecule has 0 aromatic carbocycles. The highest BCUT2D eigenvalue weighted by atomic mass is 19.3. The largest absolute Gasteiger partial charge is 0.320 e. The van der Waals surface area contributed by atoms with Gasteiger partial charge in [0, 0.05) is 32.3 Å². The number of alkyl halides is 2. The summed E-state index contributed by atoms with van der Waals surface area (Å²) < 4.78 is 31.3. The monoisotopic (exact) mass is 521 g/mol. The van der Waals surface area contributed by atoms with Crippen molar-refractivity contribution >= 4 is 11.6 Å². The first kappa shape index (κ1) is 25.0. The van der Waals surface area contributed by atoms with E-state index in [0.29, 0.717) is 35.7 Å². The molecule has 2 fully saturated rings. The van der Waals surface area contributed by atoms with Crippen molar-refractivity contribution in [2.45, 2.75) is 76.3 Å². The first-order chi connectivity index (χ1) is 18.1. The molecule has 0 radical (unpaired) electrons. The lowest BCUT2D eigenvalue weighted by molar-refractivity contribution is -0.00602. The molecular formula is C28H33F2N7O. The van der Waals surface area contributed by atoms with Gasteiger partial charge in [-0.2, -0.15) is 8.78 Å². The predicted octanol–water partition coefficient (Wildman–Crippen LogP) is 4.50. The number of hydrogen-bond donors (Lipinski definition) is 2. The number of rotatable bonds is 7. The van der Waals surface area contributed by atoms with Crippen LogP contribution >= 0.6 is 0 Å². The Balaban J connectivity index is 1.27. The molecule has 3 aromatic heterocycles. The number of aryl methyl sites for hydroxylation is 1. The topological polar surface area (TPSA) is 97.6 Å². The Labute approximate surface area is 220 Å². The van der Waals surface area contributed by atoms with Gasteiger partial charge in [0.05, 0.1) is 17.3 Å². The summed E-state index contributed by atoms with van der Waals surface area (Å²) in [7, 11) is 1.92. The molecule has 0 saturated heterocycles. The van der Waals surface area contributed by atoms with Crippen LogP contribution in [0.4, 0.5) is 14.5 Å². The van der Waals surface area contributed by atoms with Crippen molar-refractivity contribution in [2.75, 3.05) is 5.32 Å². The summed E-state index contributed by atoms with van der Waals surface area (Å²) in [5.41, 5.74) is 2.14. The lowest BCUT2D eigenvalue weighted by Gasteiger charge is -2.45. The van der Waals surface area contributed by atoms with E-state index in [9.17, 15) is 13.6 Å². The Morgan fingerprint density at radius 2 is 1.95 bits per heavy atom. The van der Waals surface area contributed by atoms with E-state index in [2.05, 4.69) is 44.6 Å². The van der Waals surface area contributed by atoms with E-state index in [1.54, 1.807) is 24.8 Å². The zero-order chi connectivity index (χ0) is 26.7. The van der Waals surface area contributed by atoms with Crippen molar-refractivity contribution in [1.82, 2.24) is 30.0 Å². The van der Waals surface area contributed by atoms with E-state index < -0.39 is 11.8 Å². The summed E-state index contributed by atoms with van der Waals surface area (Å²) >= 11 is 0. The highest BCUT2D eigenvalue weighted by Crippen LogP contribution is 2.51. The molecule has 0 atom stereocenters. The highest BCUT2D eigenvalue weighted by molar-refractivity contribution is 6.03. The van der Waals surface area contributed by atoms with Crippen LogP contribution in [0.5, 0.6) is 0 Å². The predicted molar refractivity (Wildman–Crippen MR) is 138 cm³/mol. The van der Waals surface area contributed by atoms with E-state index in [1.165, 1.54) is 0 Å². The average molecular weight is 522 g/mol. The van der Waals surface area contributed by atoms with Gasteiger partial charge in [-0.3, -0.25) is 9.78 Å². The standard InChI is InChI=1S/C28H33F2N7O/c1-16-6-20(7-16)32-12-18-8-23(35-24-22(18)4-5-28(24,29)30)25(38)34-21-9-19(13-31-14-21)27(10-17(2)11-27)26-36-33-15-37(26)3/h8-9,13-17,20,32H,4-7,10-12H2,1-3H3,(H,34,38). The van der Waals surface area contributed by atoms with Gasteiger partial charge in [0.25, 0.3) is 11.8 Å². The van der Waals surface area contributed by atoms with Crippen molar-refractivity contribution < 1.29 is 13.6 Å². The van der Waals surface area contributed by atoms with Crippen LogP contribution in [0, 0.1) is 11.8 Å². The number of carbonyl (C=O) groups excluding carboxylic acids is 1. The summed E-state index contributed by atoms with van der Waals surface area (Å²) in [5, 5.41) is 14.8. The van der Waals surface area contributed by atoms with Gasteiger partial charge in [-0.1, -0.05) is 13.8 Å². The number of fused-ring (bicyclic) bond motifs is 1. The second-order valence-electron chi connectivity index (χ2n) is 11.6. The molecule has 0 spiro atoms. The third-order valence-corrected chi connectivity index (χ3v) is 8.52. The summed E-state index contributed by atoms with van der Waals surface area (Å²) in [4.78, 5) is 21.9. The SMILES string of the molecule is CC1CC(NCc2cc(C(=O)Nc3cncc(C4(c5nncn5C)CC(C)C4)c3)nc3c2CCC3(F)F)C1. The zero-order valence-corrected chi connectivity index (χ0v) is 22.0. The third kappa shape index (κ3) is 4.28. The number of amides is 1. The smallest absolute Gasteiger partial charge is 0.290 e. The molecule has 2 N–H and O–H groups in total. The molecule has 8 nitrogen and oxygen atoms in total. The molecule has 3 aliphatic rings. The molecule has 38 heavy (non-hydrogen) atoms. The second kappa shape index (κ2) is 9.18. The molecule has 200 valence electrons. The minimum absolute atomic E-state index is 0.00483. The van der Waals surface area contributed by atoms with Crippen molar-refractivity contribution in [3.8, 4) is 0 Å². The van der Waals surface area contributed by atoms with Gasteiger partial charge in [-0.15, -0.1) is 10.2 Å². The Morgan fingerprint density at radius 1 is 1.16 bits per heavy atom. The fourth-order valence-electron chi connectivity index (χ4n) is 6.56. The number of halogens is 2. The van der Waals surface area contributed by atoms with Crippen LogP contribution in [0.15, 0.2) is 30.9 Å². The lowest BCUT2D eigenvalue weighted by atomic mass is 9.59. The van der Waals surface area contributed by atoms with Crippen molar-refractivity contribution in [3.63, 3.8) is 0 Å². The summed E-state index contributed by atoms with van der Waals surface area (Å²) in [6.07, 6.45) is 9.00. The second-order valence-corrected chi connectivity index (χ2v) is 11.6. The average Bonchev–Trinajstić information content (AvgIpc) is 3.41. The summed E-state index contributed by atoms with van der Waals surface area (Å²) in [6.45, 7) is 4.85. The van der Waals surface area contributed by atoms with E-state index >= 15 is 0 Å². The van der Waals surface area contributed by atoms with Gasteiger partial charge in [0.2, 0.25) is 0 Å². The van der Waals surface area contributed by atoms with Gasteiger partial charge < -0.3 is 15.2 Å². The Kier molecular flexibility index (Phi) is 6.05. The van der Waals surface area contributed by atoms with E-state index in [4.69, 9.17) is 0 Å². The van der Waals surface area contributed by atoms with Crippen LogP contribution in [0.25, 0.3) is 0 Å². The quantitative estimate of drug-likeness (QED) is 0.475. The van der Waals surface area contributed by atoms with Crippen LogP contribution in [0.1, 0.15) is 84.6 Å². The Morgan fingerprint density at radius 3 is 2.63 bits per heavy atom. The van der Waals surface area contributed by atoms with Gasteiger partial charge in [0.15, 0.2) is 0 Å². The highest BCUT2D eigenvalue weighted by Gasteiger charge is 2.48. The van der Waals surface area contributed by atoms with Gasteiger partial charge in [0.1, 0.15) is 23.5 Å². The molecule has 3 aromatic rings.